The molecule has 148 valence electrons. The van der Waals surface area contributed by atoms with Crippen LogP contribution in [0.25, 0.3) is 0 Å². The number of benzene rings is 1. The minimum atomic E-state index is -0.258. The summed E-state index contributed by atoms with van der Waals surface area (Å²) in [6.45, 7) is 7.06. The molecule has 5 atom stereocenters. The Morgan fingerprint density at radius 2 is 1.86 bits per heavy atom. The molecule has 2 fully saturated rings. The summed E-state index contributed by atoms with van der Waals surface area (Å²) in [4.78, 5) is 26.3. The van der Waals surface area contributed by atoms with E-state index in [1.54, 1.807) is 0 Å². The monoisotopic (exact) mass is 397 g/mol. The zero-order chi connectivity index (χ0) is 20.0. The summed E-state index contributed by atoms with van der Waals surface area (Å²) in [6.07, 6.45) is 3.25. The molecule has 28 heavy (non-hydrogen) atoms. The lowest BCUT2D eigenvalue weighted by Crippen LogP contribution is -2.50. The highest BCUT2D eigenvalue weighted by molar-refractivity contribution is 7.80. The number of nitrogens with one attached hydrogen (secondary N) is 2. The van der Waals surface area contributed by atoms with Crippen LogP contribution in [0.5, 0.6) is 0 Å². The molecular weight excluding hydrogens is 370 g/mol. The fraction of sp³-hybridized carbons (Fsp3) is 0.500. The van der Waals surface area contributed by atoms with E-state index < -0.39 is 0 Å². The number of carbonyl (C=O) groups is 2. The van der Waals surface area contributed by atoms with E-state index in [1.807, 2.05) is 30.3 Å². The number of allylic oxidation sites excluding steroid dienone is 2. The van der Waals surface area contributed by atoms with E-state index in [0.29, 0.717) is 23.5 Å². The number of thiocarbonyl (C=S) groups is 1. The summed E-state index contributed by atoms with van der Waals surface area (Å²) in [5.74, 6) is 0.479. The van der Waals surface area contributed by atoms with Crippen molar-refractivity contribution in [2.75, 3.05) is 0 Å². The Morgan fingerprint density at radius 1 is 1.18 bits per heavy atom. The van der Waals surface area contributed by atoms with Crippen molar-refractivity contribution in [3.05, 3.63) is 47.5 Å². The number of carbonyl (C=O) groups excluding carboxylic acids is 2. The Hall–Kier alpha value is -2.21. The van der Waals surface area contributed by atoms with Crippen LogP contribution in [0.3, 0.4) is 0 Å². The number of rotatable bonds is 4. The SMILES string of the molecule is CC1=CC2C(C(C)C)CC1C1C(=O)N(NC(=S)NCc3ccccc3)C(=O)C21. The highest BCUT2D eigenvalue weighted by Gasteiger charge is 2.61. The van der Waals surface area contributed by atoms with Gasteiger partial charge >= 0.3 is 0 Å². The fourth-order valence-corrected chi connectivity index (χ4v) is 5.44. The van der Waals surface area contributed by atoms with Crippen LogP contribution in [0.2, 0.25) is 0 Å². The van der Waals surface area contributed by atoms with Crippen molar-refractivity contribution < 1.29 is 9.59 Å². The van der Waals surface area contributed by atoms with E-state index in [4.69, 9.17) is 12.2 Å². The van der Waals surface area contributed by atoms with Gasteiger partial charge in [-0.3, -0.25) is 15.0 Å². The van der Waals surface area contributed by atoms with E-state index in [9.17, 15) is 9.59 Å². The lowest BCUT2D eigenvalue weighted by Gasteiger charge is -2.48. The van der Waals surface area contributed by atoms with Gasteiger partial charge in [0.15, 0.2) is 5.11 Å². The fourth-order valence-electron chi connectivity index (χ4n) is 5.27. The molecule has 6 heteroatoms. The van der Waals surface area contributed by atoms with Gasteiger partial charge in [-0.1, -0.05) is 55.8 Å². The van der Waals surface area contributed by atoms with Crippen LogP contribution < -0.4 is 10.7 Å². The van der Waals surface area contributed by atoms with Crippen molar-refractivity contribution in [2.45, 2.75) is 33.7 Å². The van der Waals surface area contributed by atoms with Gasteiger partial charge in [0.25, 0.3) is 11.8 Å². The average Bonchev–Trinajstić information content (AvgIpc) is 2.93. The molecule has 1 aliphatic heterocycles. The number of fused-ring (bicyclic) bond motifs is 1. The number of amides is 2. The third kappa shape index (κ3) is 3.13. The Kier molecular flexibility index (Phi) is 5.00. The summed E-state index contributed by atoms with van der Waals surface area (Å²) in [5, 5.41) is 4.55. The van der Waals surface area contributed by atoms with Gasteiger partial charge in [0.05, 0.1) is 11.8 Å². The van der Waals surface area contributed by atoms with Gasteiger partial charge in [-0.2, -0.15) is 5.01 Å². The molecule has 0 aromatic heterocycles. The quantitative estimate of drug-likeness (QED) is 0.465. The molecule has 3 aliphatic carbocycles. The van der Waals surface area contributed by atoms with Gasteiger partial charge in [0.1, 0.15) is 0 Å². The standard InChI is InChI=1S/C22H27N3O2S/c1-12(2)15-10-16-13(3)9-17(15)19-18(16)20(26)25(21(19)27)24-22(28)23-11-14-7-5-4-6-8-14/h4-9,12,15-19H,10-11H2,1-3H3,(H2,23,24,28). The van der Waals surface area contributed by atoms with Gasteiger partial charge in [-0.15, -0.1) is 0 Å². The molecule has 0 spiro atoms. The van der Waals surface area contributed by atoms with Gasteiger partial charge in [-0.25, -0.2) is 0 Å². The average molecular weight is 398 g/mol. The van der Waals surface area contributed by atoms with Crippen molar-refractivity contribution in [2.24, 2.45) is 35.5 Å². The lowest BCUT2D eigenvalue weighted by atomic mass is 9.54. The maximum Gasteiger partial charge on any atom is 0.252 e. The highest BCUT2D eigenvalue weighted by Crippen LogP contribution is 2.55. The number of nitrogens with zero attached hydrogens (tertiary/aromatic N) is 1. The van der Waals surface area contributed by atoms with Gasteiger partial charge in [0, 0.05) is 6.54 Å². The Labute approximate surface area is 171 Å². The molecule has 1 saturated carbocycles. The van der Waals surface area contributed by atoms with Crippen LogP contribution in [0.4, 0.5) is 0 Å². The highest BCUT2D eigenvalue weighted by atomic mass is 32.1. The van der Waals surface area contributed by atoms with Gasteiger partial charge < -0.3 is 5.32 Å². The topological polar surface area (TPSA) is 61.4 Å². The predicted molar refractivity (Wildman–Crippen MR) is 112 cm³/mol. The predicted octanol–water partition coefficient (Wildman–Crippen LogP) is 3.04. The summed E-state index contributed by atoms with van der Waals surface area (Å²) in [6, 6.07) is 9.87. The van der Waals surface area contributed by atoms with Gasteiger partial charge in [-0.05, 0) is 54.8 Å². The van der Waals surface area contributed by atoms with Crippen LogP contribution >= 0.6 is 12.2 Å². The molecule has 5 nitrogen and oxygen atoms in total. The molecule has 5 rings (SSSR count). The molecule has 2 N–H and O–H groups in total. The van der Waals surface area contributed by atoms with E-state index in [-0.39, 0.29) is 35.5 Å². The lowest BCUT2D eigenvalue weighted by molar-refractivity contribution is -0.142. The number of imide groups is 1. The largest absolute Gasteiger partial charge is 0.357 e. The second kappa shape index (κ2) is 7.32. The van der Waals surface area contributed by atoms with Gasteiger partial charge in [0.2, 0.25) is 0 Å². The first-order valence-electron chi connectivity index (χ1n) is 10.0. The molecule has 1 saturated heterocycles. The molecular formula is C22H27N3O2S. The summed E-state index contributed by atoms with van der Waals surface area (Å²) in [5.41, 5.74) is 5.20. The van der Waals surface area contributed by atoms with E-state index in [1.165, 1.54) is 10.6 Å². The molecule has 4 aliphatic rings. The normalized spacial score (nSPS) is 31.1. The van der Waals surface area contributed by atoms with Crippen LogP contribution in [-0.4, -0.2) is 21.9 Å². The minimum absolute atomic E-state index is 0.136. The van der Waals surface area contributed by atoms with Crippen LogP contribution in [0.1, 0.15) is 32.8 Å². The number of hydrazine groups is 1. The summed E-state index contributed by atoms with van der Waals surface area (Å²) in [7, 11) is 0. The molecule has 1 aromatic carbocycles. The summed E-state index contributed by atoms with van der Waals surface area (Å²) < 4.78 is 0. The molecule has 5 unspecified atom stereocenters. The second-order valence-electron chi connectivity index (χ2n) is 8.58. The first-order valence-corrected chi connectivity index (χ1v) is 10.4. The molecule has 2 bridgehead atoms. The molecule has 1 aromatic rings. The third-order valence-corrected chi connectivity index (χ3v) is 6.91. The Morgan fingerprint density at radius 3 is 2.54 bits per heavy atom. The van der Waals surface area contributed by atoms with Crippen molar-refractivity contribution in [1.82, 2.24) is 15.8 Å². The molecule has 1 heterocycles. The second-order valence-corrected chi connectivity index (χ2v) is 8.99. The Bertz CT molecular complexity index is 835. The number of hydrogen-bond donors (Lipinski definition) is 2. The zero-order valence-corrected chi connectivity index (χ0v) is 17.3. The van der Waals surface area contributed by atoms with Crippen LogP contribution in [0.15, 0.2) is 42.0 Å². The zero-order valence-electron chi connectivity index (χ0n) is 16.5. The molecule has 0 radical (unpaired) electrons. The van der Waals surface area contributed by atoms with Crippen LogP contribution in [-0.2, 0) is 16.1 Å². The van der Waals surface area contributed by atoms with Crippen LogP contribution in [0, 0.1) is 35.5 Å². The van der Waals surface area contributed by atoms with Crippen molar-refractivity contribution in [3.8, 4) is 0 Å². The first-order chi connectivity index (χ1) is 13.4. The molecule has 2 amide bonds. The minimum Gasteiger partial charge on any atom is -0.357 e. The first kappa shape index (κ1) is 19.1. The maximum absolute atomic E-state index is 13.2. The Balaban J connectivity index is 1.47. The van der Waals surface area contributed by atoms with Crippen molar-refractivity contribution >= 4 is 29.1 Å². The number of hydrogen-bond acceptors (Lipinski definition) is 3. The van der Waals surface area contributed by atoms with E-state index in [0.717, 1.165) is 12.0 Å². The smallest absolute Gasteiger partial charge is 0.252 e. The maximum atomic E-state index is 13.2. The van der Waals surface area contributed by atoms with Crippen molar-refractivity contribution in [3.63, 3.8) is 0 Å². The van der Waals surface area contributed by atoms with E-state index >= 15 is 0 Å². The summed E-state index contributed by atoms with van der Waals surface area (Å²) >= 11 is 5.34. The van der Waals surface area contributed by atoms with E-state index in [2.05, 4.69) is 37.6 Å². The van der Waals surface area contributed by atoms with Crippen molar-refractivity contribution in [1.29, 1.82) is 0 Å². The third-order valence-electron chi connectivity index (χ3n) is 6.67.